The summed E-state index contributed by atoms with van der Waals surface area (Å²) in [5.41, 5.74) is 7.65. The van der Waals surface area contributed by atoms with Gasteiger partial charge in [-0.25, -0.2) is 19.0 Å². The lowest BCUT2D eigenvalue weighted by Gasteiger charge is -2.27. The van der Waals surface area contributed by atoms with Gasteiger partial charge in [-0.2, -0.15) is 5.10 Å². The van der Waals surface area contributed by atoms with E-state index in [2.05, 4.69) is 15.3 Å². The number of halogens is 1. The number of anilines is 1. The molecule has 1 atom stereocenters. The van der Waals surface area contributed by atoms with Crippen LogP contribution in [0.3, 0.4) is 0 Å². The van der Waals surface area contributed by atoms with Crippen molar-refractivity contribution in [3.05, 3.63) is 72.3 Å². The van der Waals surface area contributed by atoms with E-state index in [9.17, 15) is 4.79 Å². The zero-order valence-electron chi connectivity index (χ0n) is 25.0. The molecule has 3 heterocycles. The molecule has 0 aliphatic carbocycles. The highest BCUT2D eigenvalue weighted by Crippen LogP contribution is 2.35. The number of ether oxygens (including phenoxy) is 2. The van der Waals surface area contributed by atoms with Crippen LogP contribution in [0, 0.1) is 5.82 Å². The second-order valence-electron chi connectivity index (χ2n) is 11.3. The molecule has 0 unspecified atom stereocenters. The van der Waals surface area contributed by atoms with E-state index in [1.807, 2.05) is 49.9 Å². The Balaban J connectivity index is 1.40. The first-order valence-corrected chi connectivity index (χ1v) is 14.4. The van der Waals surface area contributed by atoms with Crippen molar-refractivity contribution in [1.29, 1.82) is 0 Å². The van der Waals surface area contributed by atoms with E-state index < -0.39 is 5.82 Å². The fourth-order valence-corrected chi connectivity index (χ4v) is 5.57. The molecule has 1 aliphatic rings. The second-order valence-corrected chi connectivity index (χ2v) is 11.3. The van der Waals surface area contributed by atoms with Crippen molar-refractivity contribution in [2.45, 2.75) is 51.7 Å². The van der Waals surface area contributed by atoms with Gasteiger partial charge in [-0.15, -0.1) is 0 Å². The van der Waals surface area contributed by atoms with Crippen LogP contribution in [0.15, 0.2) is 66.5 Å². The summed E-state index contributed by atoms with van der Waals surface area (Å²) in [5.74, 6) is 0.643. The number of nitrogens with one attached hydrogen (secondary N) is 1. The third-order valence-corrected chi connectivity index (χ3v) is 7.56. The second kappa shape index (κ2) is 12.9. The molecule has 4 aromatic rings. The van der Waals surface area contributed by atoms with Crippen LogP contribution in [0.4, 0.5) is 10.2 Å². The number of carbonyl (C=O) groups excluding carboxylic acids is 1. The highest BCUT2D eigenvalue weighted by Gasteiger charge is 2.32. The predicted octanol–water partition coefficient (Wildman–Crippen LogP) is 4.96. The number of amides is 1. The van der Waals surface area contributed by atoms with Gasteiger partial charge < -0.3 is 25.4 Å². The number of hydrogen-bond donors (Lipinski definition) is 2. The lowest BCUT2D eigenvalue weighted by Crippen LogP contribution is -2.42. The Morgan fingerprint density at radius 1 is 1.19 bits per heavy atom. The molecule has 43 heavy (non-hydrogen) atoms. The zero-order valence-corrected chi connectivity index (χ0v) is 25.0. The Labute approximate surface area is 250 Å². The summed E-state index contributed by atoms with van der Waals surface area (Å²) in [6, 6.07) is 13.7. The summed E-state index contributed by atoms with van der Waals surface area (Å²) < 4.78 is 28.2. The maximum absolute atomic E-state index is 15.5. The van der Waals surface area contributed by atoms with Gasteiger partial charge in [-0.3, -0.25) is 4.79 Å². The van der Waals surface area contributed by atoms with Crippen molar-refractivity contribution >= 4 is 22.8 Å². The fourth-order valence-electron chi connectivity index (χ4n) is 5.57. The van der Waals surface area contributed by atoms with Gasteiger partial charge in [0.15, 0.2) is 5.65 Å². The molecule has 0 saturated carbocycles. The minimum atomic E-state index is -0.511. The Kier molecular flexibility index (Phi) is 9.02. The smallest absolute Gasteiger partial charge is 0.249 e. The van der Waals surface area contributed by atoms with Crippen molar-refractivity contribution in [1.82, 2.24) is 30.0 Å². The molecule has 1 saturated heterocycles. The lowest BCUT2D eigenvalue weighted by atomic mass is 10.0. The first-order chi connectivity index (χ1) is 20.7. The minimum Gasteiger partial charge on any atom is -0.457 e. The van der Waals surface area contributed by atoms with Crippen LogP contribution in [0.2, 0.25) is 0 Å². The number of para-hydroxylation sites is 1. The highest BCUT2D eigenvalue weighted by molar-refractivity contribution is 5.98. The molecular formula is C32H38FN7O3. The number of rotatable bonds is 11. The predicted molar refractivity (Wildman–Crippen MR) is 164 cm³/mol. The summed E-state index contributed by atoms with van der Waals surface area (Å²) in [4.78, 5) is 24.1. The molecule has 10 nitrogen and oxygen atoms in total. The van der Waals surface area contributed by atoms with E-state index in [1.165, 1.54) is 12.4 Å². The van der Waals surface area contributed by atoms with Gasteiger partial charge >= 0.3 is 0 Å². The normalized spacial score (nSPS) is 15.8. The summed E-state index contributed by atoms with van der Waals surface area (Å²) >= 11 is 0. The number of fused-ring (bicyclic) bond motifs is 1. The topological polar surface area (TPSA) is 120 Å². The Morgan fingerprint density at radius 3 is 2.72 bits per heavy atom. The third-order valence-electron chi connectivity index (χ3n) is 7.56. The molecule has 226 valence electrons. The summed E-state index contributed by atoms with van der Waals surface area (Å²) in [7, 11) is 1.66. The number of nitrogens with zero attached hydrogens (tertiary/aromatic N) is 5. The standard InChI is InChI=1S/C32H38FN7O3/c1-21(18-32(2,3)37-14-16-42-4)31(41)39-15-8-9-22(39)19-40-30-27(29(34)35-20-36-30)28(38-40)25-13-12-24(17-26(25)33)43-23-10-6-5-7-11-23/h5-7,10-13,17-18,20,22,37H,8-9,14-16,19H2,1-4H3,(H2,34,35,36)/t22-/m1/s1. The van der Waals surface area contributed by atoms with Crippen LogP contribution < -0.4 is 15.8 Å². The largest absolute Gasteiger partial charge is 0.457 e. The van der Waals surface area contributed by atoms with Gasteiger partial charge in [0, 0.05) is 42.9 Å². The molecular weight excluding hydrogens is 549 g/mol. The molecule has 2 aromatic heterocycles. The molecule has 5 rings (SSSR count). The molecule has 0 spiro atoms. The maximum atomic E-state index is 15.5. The van der Waals surface area contributed by atoms with Crippen molar-refractivity contribution < 1.29 is 18.7 Å². The van der Waals surface area contributed by atoms with Crippen molar-refractivity contribution in [2.75, 3.05) is 32.5 Å². The minimum absolute atomic E-state index is 0.0185. The van der Waals surface area contributed by atoms with Crippen LogP contribution >= 0.6 is 0 Å². The SMILES string of the molecule is COCCNC(C)(C)C=C(C)C(=O)N1CCC[C@@H]1Cn1nc(-c2ccc(Oc3ccccc3)cc2F)c2c(N)ncnc21. The average Bonchev–Trinajstić information content (AvgIpc) is 3.59. The monoisotopic (exact) mass is 587 g/mol. The number of nitrogens with two attached hydrogens (primary N) is 1. The van der Waals surface area contributed by atoms with E-state index in [0.717, 1.165) is 12.8 Å². The molecule has 1 amide bonds. The highest BCUT2D eigenvalue weighted by atomic mass is 19.1. The van der Waals surface area contributed by atoms with E-state index in [4.69, 9.17) is 20.3 Å². The zero-order chi connectivity index (χ0) is 30.6. The van der Waals surface area contributed by atoms with E-state index in [1.54, 1.807) is 36.1 Å². The maximum Gasteiger partial charge on any atom is 0.249 e. The van der Waals surface area contributed by atoms with E-state index >= 15 is 4.39 Å². The van der Waals surface area contributed by atoms with Gasteiger partial charge in [0.1, 0.15) is 35.2 Å². The van der Waals surface area contributed by atoms with Crippen LogP contribution in [0.25, 0.3) is 22.3 Å². The van der Waals surface area contributed by atoms with E-state index in [0.29, 0.717) is 60.0 Å². The van der Waals surface area contributed by atoms with Crippen LogP contribution in [0.1, 0.15) is 33.6 Å². The molecule has 1 aliphatic heterocycles. The van der Waals surface area contributed by atoms with Crippen LogP contribution in [0.5, 0.6) is 11.5 Å². The quantitative estimate of drug-likeness (QED) is 0.187. The summed E-state index contributed by atoms with van der Waals surface area (Å²) in [6.45, 7) is 8.20. The van der Waals surface area contributed by atoms with E-state index in [-0.39, 0.29) is 28.9 Å². The molecule has 2 aromatic carbocycles. The number of hydrogen-bond acceptors (Lipinski definition) is 8. The molecule has 0 radical (unpaired) electrons. The summed E-state index contributed by atoms with van der Waals surface area (Å²) in [5, 5.41) is 8.64. The number of nitrogen functional groups attached to an aromatic ring is 1. The molecule has 0 bridgehead atoms. The third kappa shape index (κ3) is 6.84. The van der Waals surface area contributed by atoms with Crippen molar-refractivity contribution in [3.8, 4) is 22.8 Å². The van der Waals surface area contributed by atoms with Crippen LogP contribution in [-0.4, -0.2) is 68.9 Å². The average molecular weight is 588 g/mol. The van der Waals surface area contributed by atoms with Gasteiger partial charge in [0.25, 0.3) is 0 Å². The van der Waals surface area contributed by atoms with Crippen LogP contribution in [-0.2, 0) is 16.1 Å². The number of methoxy groups -OCH3 is 1. The molecule has 11 heteroatoms. The molecule has 3 N–H and O–H groups in total. The number of benzene rings is 2. The van der Waals surface area contributed by atoms with Gasteiger partial charge in [0.2, 0.25) is 5.91 Å². The van der Waals surface area contributed by atoms with Gasteiger partial charge in [-0.1, -0.05) is 24.3 Å². The number of carbonyl (C=O) groups is 1. The number of aromatic nitrogens is 4. The Morgan fingerprint density at radius 2 is 1.98 bits per heavy atom. The van der Waals surface area contributed by atoms with Gasteiger partial charge in [-0.05, 0) is 57.9 Å². The number of likely N-dealkylation sites (tertiary alicyclic amines) is 1. The fraction of sp³-hybridized carbons (Fsp3) is 0.375. The van der Waals surface area contributed by atoms with Gasteiger partial charge in [0.05, 0.1) is 24.6 Å². The molecule has 1 fully saturated rings. The Hall–Kier alpha value is -4.35. The Bertz CT molecular complexity index is 1620. The lowest BCUT2D eigenvalue weighted by molar-refractivity contribution is -0.128. The van der Waals surface area contributed by atoms with Crippen molar-refractivity contribution in [3.63, 3.8) is 0 Å². The first kappa shape index (κ1) is 30.1. The first-order valence-electron chi connectivity index (χ1n) is 14.4. The van der Waals surface area contributed by atoms with Crippen molar-refractivity contribution in [2.24, 2.45) is 0 Å². The summed E-state index contributed by atoms with van der Waals surface area (Å²) in [6.07, 6.45) is 5.02.